The Morgan fingerprint density at radius 3 is 2.30 bits per heavy atom. The van der Waals surface area contributed by atoms with Gasteiger partial charge in [0.15, 0.2) is 5.01 Å². The Morgan fingerprint density at radius 2 is 1.81 bits per heavy atom. The van der Waals surface area contributed by atoms with Crippen LogP contribution < -0.4 is 10.6 Å². The summed E-state index contributed by atoms with van der Waals surface area (Å²) in [5.41, 5.74) is -6.71. The number of hydrogen-bond donors (Lipinski definition) is 3. The molecule has 8 nitrogen and oxygen atoms in total. The average Bonchev–Trinajstić information content (AvgIpc) is 3.39. The number of aliphatic hydroxyl groups is 1. The molecule has 2 amide bonds. The van der Waals surface area contributed by atoms with Crippen LogP contribution in [0.25, 0.3) is 10.4 Å². The summed E-state index contributed by atoms with van der Waals surface area (Å²) in [5, 5.41) is 14.0. The molecule has 2 fully saturated rings. The molecule has 2 aliphatic rings. The van der Waals surface area contributed by atoms with Crippen LogP contribution in [-0.4, -0.2) is 69.1 Å². The number of aromatic nitrogens is 2. The fourth-order valence-electron chi connectivity index (χ4n) is 4.64. The molecule has 4 rings (SSSR count). The topological polar surface area (TPSA) is 107 Å². The van der Waals surface area contributed by atoms with Gasteiger partial charge < -0.3 is 20.6 Å². The second-order valence-corrected chi connectivity index (χ2v) is 12.3. The van der Waals surface area contributed by atoms with Gasteiger partial charge in [0, 0.05) is 30.5 Å². The van der Waals surface area contributed by atoms with Crippen LogP contribution in [0.3, 0.4) is 0 Å². The first-order valence-corrected chi connectivity index (χ1v) is 13.7. The highest BCUT2D eigenvalue weighted by atomic mass is 32.1. The van der Waals surface area contributed by atoms with Crippen LogP contribution in [0.1, 0.15) is 65.4 Å². The highest BCUT2D eigenvalue weighted by molar-refractivity contribution is 7.17. The number of anilines is 1. The molecule has 43 heavy (non-hydrogen) atoms. The van der Waals surface area contributed by atoms with Crippen molar-refractivity contribution in [2.24, 2.45) is 5.41 Å². The summed E-state index contributed by atoms with van der Waals surface area (Å²) in [6.07, 6.45) is -10.00. The van der Waals surface area contributed by atoms with E-state index < -0.39 is 93.1 Å². The first-order valence-electron chi connectivity index (χ1n) is 12.9. The second-order valence-electron chi connectivity index (χ2n) is 11.3. The van der Waals surface area contributed by atoms with E-state index in [-0.39, 0.29) is 25.1 Å². The summed E-state index contributed by atoms with van der Waals surface area (Å²) in [4.78, 5) is 33.9. The predicted molar refractivity (Wildman–Crippen MR) is 140 cm³/mol. The molecule has 2 aromatic rings. The number of rotatable bonds is 8. The van der Waals surface area contributed by atoms with Crippen molar-refractivity contribution in [3.05, 3.63) is 40.8 Å². The lowest BCUT2D eigenvalue weighted by Crippen LogP contribution is -2.48. The largest absolute Gasteiger partial charge is 0.417 e. The summed E-state index contributed by atoms with van der Waals surface area (Å²) in [6, 6.07) is 0.475. The van der Waals surface area contributed by atoms with Crippen LogP contribution in [0.2, 0.25) is 0 Å². The molecular weight excluding hydrogens is 614 g/mol. The highest BCUT2D eigenvalue weighted by Crippen LogP contribution is 2.53. The van der Waals surface area contributed by atoms with Crippen molar-refractivity contribution in [3.8, 4) is 10.4 Å². The molecular formula is C26H27F8N5O3S. The van der Waals surface area contributed by atoms with Crippen molar-refractivity contribution in [1.29, 1.82) is 0 Å². The number of alkyl halides is 8. The summed E-state index contributed by atoms with van der Waals surface area (Å²) in [7, 11) is 0. The summed E-state index contributed by atoms with van der Waals surface area (Å²) >= 11 is 0.351. The van der Waals surface area contributed by atoms with Gasteiger partial charge in [-0.25, -0.2) is 18.7 Å². The van der Waals surface area contributed by atoms with E-state index in [1.54, 1.807) is 0 Å². The number of thiazole rings is 1. The van der Waals surface area contributed by atoms with E-state index in [1.165, 1.54) is 13.8 Å². The summed E-state index contributed by atoms with van der Waals surface area (Å²) in [6.45, 7) is 4.05. The van der Waals surface area contributed by atoms with Gasteiger partial charge in [-0.3, -0.25) is 9.59 Å². The number of carbonyl (C=O) groups excluding carboxylic acids is 2. The Morgan fingerprint density at radius 1 is 1.16 bits per heavy atom. The zero-order valence-electron chi connectivity index (χ0n) is 22.8. The summed E-state index contributed by atoms with van der Waals surface area (Å²) in [5.74, 6) is -6.06. The molecule has 1 saturated heterocycles. The van der Waals surface area contributed by atoms with Crippen molar-refractivity contribution >= 4 is 29.0 Å². The molecule has 0 atom stereocenters. The van der Waals surface area contributed by atoms with Gasteiger partial charge in [0.2, 0.25) is 0 Å². The lowest BCUT2D eigenvalue weighted by atomic mass is 9.68. The number of nitrogens with one attached hydrogen (secondary N) is 2. The maximum Gasteiger partial charge on any atom is 0.417 e. The standard InChI is InChI=1S/C26H27F8N5O3S/c1-13-8-24(27,28)12-39(13)21(41)17-18(43-20(38-17)19(40)37-10-22(2,3)42)14-9-35-16(7-15(14)25(29,30)31)36-11-23(5-4-6-23)26(32,33)34/h7,9,42H,1,4-6,8,10-12H2,2-3H3,(H,35,36)(H,37,40). The quantitative estimate of drug-likeness (QED) is 0.312. The van der Waals surface area contributed by atoms with E-state index in [2.05, 4.69) is 27.2 Å². The van der Waals surface area contributed by atoms with Gasteiger partial charge in [-0.15, -0.1) is 11.3 Å². The molecule has 2 aromatic heterocycles. The molecule has 17 heteroatoms. The van der Waals surface area contributed by atoms with Crippen molar-refractivity contribution in [2.45, 2.75) is 63.4 Å². The van der Waals surface area contributed by atoms with Crippen LogP contribution in [0.15, 0.2) is 24.5 Å². The van der Waals surface area contributed by atoms with Crippen LogP contribution in [0, 0.1) is 5.41 Å². The number of pyridine rings is 1. The molecule has 1 aliphatic carbocycles. The van der Waals surface area contributed by atoms with Gasteiger partial charge in [0.25, 0.3) is 17.7 Å². The lowest BCUT2D eigenvalue weighted by Gasteiger charge is -2.43. The van der Waals surface area contributed by atoms with Crippen LogP contribution >= 0.6 is 11.3 Å². The molecule has 0 unspecified atom stereocenters. The Hall–Kier alpha value is -3.34. The monoisotopic (exact) mass is 641 g/mol. The minimum Gasteiger partial charge on any atom is -0.389 e. The minimum absolute atomic E-state index is 0.195. The van der Waals surface area contributed by atoms with Crippen molar-refractivity contribution in [2.75, 3.05) is 25.0 Å². The first-order chi connectivity index (χ1) is 19.6. The number of carbonyl (C=O) groups is 2. The Balaban J connectivity index is 1.76. The van der Waals surface area contributed by atoms with E-state index in [0.717, 1.165) is 0 Å². The fourth-order valence-corrected chi connectivity index (χ4v) is 5.64. The van der Waals surface area contributed by atoms with Gasteiger partial charge in [-0.05, 0) is 32.8 Å². The molecule has 3 heterocycles. The Bertz CT molecular complexity index is 1430. The second kappa shape index (κ2) is 11.0. The van der Waals surface area contributed by atoms with Crippen molar-refractivity contribution < 1.29 is 49.8 Å². The Labute approximate surface area is 244 Å². The number of nitrogens with zero attached hydrogens (tertiary/aromatic N) is 3. The zero-order valence-corrected chi connectivity index (χ0v) is 23.7. The van der Waals surface area contributed by atoms with Crippen molar-refractivity contribution in [3.63, 3.8) is 0 Å². The SMILES string of the molecule is C=C1CC(F)(F)CN1C(=O)c1nc(C(=O)NCC(C)(C)O)sc1-c1cnc(NCC2(C(F)(F)F)CCC2)cc1C(F)(F)F. The molecule has 1 saturated carbocycles. The van der Waals surface area contributed by atoms with Gasteiger partial charge in [0.1, 0.15) is 11.5 Å². The molecule has 3 N–H and O–H groups in total. The lowest BCUT2D eigenvalue weighted by molar-refractivity contribution is -0.244. The average molecular weight is 642 g/mol. The van der Waals surface area contributed by atoms with E-state index in [0.29, 0.717) is 34.9 Å². The maximum atomic E-state index is 14.3. The molecule has 1 aliphatic heterocycles. The normalized spacial score (nSPS) is 18.4. The molecule has 0 bridgehead atoms. The minimum atomic E-state index is -5.12. The number of hydrogen-bond acceptors (Lipinski definition) is 7. The number of allylic oxidation sites excluding steroid dienone is 1. The third-order valence-electron chi connectivity index (χ3n) is 7.16. The molecule has 0 aromatic carbocycles. The maximum absolute atomic E-state index is 14.3. The third-order valence-corrected chi connectivity index (χ3v) is 8.25. The molecule has 0 spiro atoms. The van der Waals surface area contributed by atoms with Gasteiger partial charge in [-0.2, -0.15) is 26.3 Å². The van der Waals surface area contributed by atoms with Gasteiger partial charge in [0.05, 0.1) is 34.4 Å². The van der Waals surface area contributed by atoms with E-state index in [4.69, 9.17) is 0 Å². The fraction of sp³-hybridized carbons (Fsp3) is 0.538. The van der Waals surface area contributed by atoms with E-state index >= 15 is 0 Å². The predicted octanol–water partition coefficient (Wildman–Crippen LogP) is 5.86. The smallest absolute Gasteiger partial charge is 0.389 e. The number of amides is 2. The van der Waals surface area contributed by atoms with Crippen LogP contribution in [0.4, 0.5) is 40.9 Å². The van der Waals surface area contributed by atoms with Gasteiger partial charge >= 0.3 is 12.4 Å². The molecule has 236 valence electrons. The third kappa shape index (κ3) is 6.92. The molecule has 0 radical (unpaired) electrons. The van der Waals surface area contributed by atoms with Crippen LogP contribution in [-0.2, 0) is 6.18 Å². The van der Waals surface area contributed by atoms with Crippen molar-refractivity contribution in [1.82, 2.24) is 20.2 Å². The van der Waals surface area contributed by atoms with E-state index in [1.807, 2.05) is 0 Å². The number of likely N-dealkylation sites (tertiary alicyclic amines) is 1. The Kier molecular flexibility index (Phi) is 8.32. The zero-order chi connectivity index (χ0) is 32.2. The van der Waals surface area contributed by atoms with Gasteiger partial charge in [-0.1, -0.05) is 13.0 Å². The number of halogens is 8. The first kappa shape index (κ1) is 32.6. The van der Waals surface area contributed by atoms with E-state index in [9.17, 15) is 49.8 Å². The summed E-state index contributed by atoms with van der Waals surface area (Å²) < 4.78 is 112. The highest BCUT2D eigenvalue weighted by Gasteiger charge is 2.58. The van der Waals surface area contributed by atoms with Crippen LogP contribution in [0.5, 0.6) is 0 Å².